The number of aromatic nitrogens is 1. The topological polar surface area (TPSA) is 80.0 Å². The standard InChI is InChI=1S/C11H18N4OS/c1-8(5-6-17-2)14-11(16)9-3-4-10(15-12)13-7-9/h3-4,7-8H,5-6,12H2,1-2H3,(H,13,15)(H,14,16). The van der Waals surface area contributed by atoms with E-state index in [0.29, 0.717) is 11.4 Å². The van der Waals surface area contributed by atoms with Crippen molar-refractivity contribution in [3.05, 3.63) is 23.9 Å². The lowest BCUT2D eigenvalue weighted by Crippen LogP contribution is -2.33. The number of anilines is 1. The van der Waals surface area contributed by atoms with E-state index < -0.39 is 0 Å². The highest BCUT2D eigenvalue weighted by atomic mass is 32.2. The van der Waals surface area contributed by atoms with Crippen molar-refractivity contribution < 1.29 is 4.79 Å². The minimum Gasteiger partial charge on any atom is -0.350 e. The molecule has 0 spiro atoms. The van der Waals surface area contributed by atoms with Gasteiger partial charge in [-0.15, -0.1) is 0 Å². The second-order valence-electron chi connectivity index (χ2n) is 3.73. The monoisotopic (exact) mass is 254 g/mol. The van der Waals surface area contributed by atoms with Crippen LogP contribution in [0.2, 0.25) is 0 Å². The zero-order valence-electron chi connectivity index (χ0n) is 10.1. The fraction of sp³-hybridized carbons (Fsp3) is 0.455. The van der Waals surface area contributed by atoms with Crippen LogP contribution in [0, 0.1) is 0 Å². The lowest BCUT2D eigenvalue weighted by molar-refractivity contribution is 0.0939. The molecule has 4 N–H and O–H groups in total. The van der Waals surface area contributed by atoms with Gasteiger partial charge in [-0.05, 0) is 37.5 Å². The summed E-state index contributed by atoms with van der Waals surface area (Å²) in [4.78, 5) is 15.8. The second kappa shape index (κ2) is 7.13. The Morgan fingerprint density at radius 2 is 2.35 bits per heavy atom. The number of hydrogen-bond donors (Lipinski definition) is 3. The Morgan fingerprint density at radius 1 is 1.59 bits per heavy atom. The maximum atomic E-state index is 11.8. The van der Waals surface area contributed by atoms with Crippen LogP contribution in [0.15, 0.2) is 18.3 Å². The number of nitrogen functional groups attached to an aromatic ring is 1. The molecular weight excluding hydrogens is 236 g/mol. The normalized spacial score (nSPS) is 11.9. The Labute approximate surface area is 106 Å². The third kappa shape index (κ3) is 4.62. The molecule has 1 aromatic heterocycles. The molecule has 1 heterocycles. The van der Waals surface area contributed by atoms with Crippen LogP contribution in [-0.4, -0.2) is 28.9 Å². The van der Waals surface area contributed by atoms with Gasteiger partial charge in [-0.3, -0.25) is 4.79 Å². The van der Waals surface area contributed by atoms with Crippen molar-refractivity contribution in [2.45, 2.75) is 19.4 Å². The SMILES string of the molecule is CSCCC(C)NC(=O)c1ccc(NN)nc1. The molecule has 6 heteroatoms. The summed E-state index contributed by atoms with van der Waals surface area (Å²) in [5, 5.41) is 2.92. The average Bonchev–Trinajstić information content (AvgIpc) is 2.36. The van der Waals surface area contributed by atoms with E-state index in [1.165, 1.54) is 6.20 Å². The Bertz CT molecular complexity index is 355. The van der Waals surface area contributed by atoms with E-state index in [2.05, 4.69) is 22.0 Å². The number of hydrogen-bond acceptors (Lipinski definition) is 5. The molecule has 1 rings (SSSR count). The van der Waals surface area contributed by atoms with Gasteiger partial charge in [0.15, 0.2) is 0 Å². The molecule has 0 saturated heterocycles. The molecule has 0 aromatic carbocycles. The zero-order chi connectivity index (χ0) is 12.7. The van der Waals surface area contributed by atoms with Gasteiger partial charge in [-0.25, -0.2) is 10.8 Å². The van der Waals surface area contributed by atoms with Crippen LogP contribution < -0.4 is 16.6 Å². The van der Waals surface area contributed by atoms with Gasteiger partial charge in [0.25, 0.3) is 5.91 Å². The number of thioether (sulfide) groups is 1. The van der Waals surface area contributed by atoms with Crippen molar-refractivity contribution in [3.63, 3.8) is 0 Å². The van der Waals surface area contributed by atoms with Gasteiger partial charge in [-0.1, -0.05) is 0 Å². The van der Waals surface area contributed by atoms with Crippen LogP contribution >= 0.6 is 11.8 Å². The van der Waals surface area contributed by atoms with Crippen LogP contribution in [0.25, 0.3) is 0 Å². The molecule has 1 aromatic rings. The molecule has 0 saturated carbocycles. The maximum absolute atomic E-state index is 11.8. The summed E-state index contributed by atoms with van der Waals surface area (Å²) in [7, 11) is 0. The first kappa shape index (κ1) is 13.8. The number of amides is 1. The number of pyridine rings is 1. The molecule has 0 aliphatic carbocycles. The molecule has 0 aliphatic rings. The summed E-state index contributed by atoms with van der Waals surface area (Å²) in [5.41, 5.74) is 2.96. The van der Waals surface area contributed by atoms with Gasteiger partial charge in [0, 0.05) is 12.2 Å². The first-order valence-electron chi connectivity index (χ1n) is 5.40. The molecule has 0 radical (unpaired) electrons. The molecule has 1 amide bonds. The summed E-state index contributed by atoms with van der Waals surface area (Å²) in [6.07, 6.45) is 4.52. The third-order valence-corrected chi connectivity index (χ3v) is 2.95. The Hall–Kier alpha value is -1.27. The van der Waals surface area contributed by atoms with Crippen molar-refractivity contribution in [1.82, 2.24) is 10.3 Å². The number of nitrogens with two attached hydrogens (primary N) is 1. The van der Waals surface area contributed by atoms with Gasteiger partial charge in [0.2, 0.25) is 0 Å². The number of carbonyl (C=O) groups excluding carboxylic acids is 1. The smallest absolute Gasteiger partial charge is 0.253 e. The highest BCUT2D eigenvalue weighted by Crippen LogP contribution is 2.05. The van der Waals surface area contributed by atoms with E-state index in [1.807, 2.05) is 6.92 Å². The third-order valence-electron chi connectivity index (χ3n) is 2.31. The van der Waals surface area contributed by atoms with Crippen LogP contribution in [0.3, 0.4) is 0 Å². The van der Waals surface area contributed by atoms with Crippen molar-refractivity contribution in [2.75, 3.05) is 17.4 Å². The van der Waals surface area contributed by atoms with E-state index in [0.717, 1.165) is 12.2 Å². The summed E-state index contributed by atoms with van der Waals surface area (Å²) >= 11 is 1.77. The molecule has 0 fully saturated rings. The number of rotatable bonds is 6. The number of nitrogens with zero attached hydrogens (tertiary/aromatic N) is 1. The van der Waals surface area contributed by atoms with Crippen LogP contribution in [0.5, 0.6) is 0 Å². The summed E-state index contributed by atoms with van der Waals surface area (Å²) in [6.45, 7) is 2.00. The fourth-order valence-electron chi connectivity index (χ4n) is 1.29. The molecule has 5 nitrogen and oxygen atoms in total. The van der Waals surface area contributed by atoms with Gasteiger partial charge < -0.3 is 10.7 Å². The lowest BCUT2D eigenvalue weighted by Gasteiger charge is -2.13. The highest BCUT2D eigenvalue weighted by molar-refractivity contribution is 7.98. The first-order chi connectivity index (χ1) is 8.17. The molecule has 0 bridgehead atoms. The van der Waals surface area contributed by atoms with Gasteiger partial charge in [0.05, 0.1) is 5.56 Å². The lowest BCUT2D eigenvalue weighted by atomic mass is 10.2. The molecule has 0 aliphatic heterocycles. The predicted molar refractivity (Wildman–Crippen MR) is 72.0 cm³/mol. The van der Waals surface area contributed by atoms with Gasteiger partial charge in [0.1, 0.15) is 5.82 Å². The number of hydrazine groups is 1. The fourth-order valence-corrected chi connectivity index (χ4v) is 1.88. The van der Waals surface area contributed by atoms with Crippen LogP contribution in [-0.2, 0) is 0 Å². The van der Waals surface area contributed by atoms with E-state index in [-0.39, 0.29) is 11.9 Å². The summed E-state index contributed by atoms with van der Waals surface area (Å²) < 4.78 is 0. The highest BCUT2D eigenvalue weighted by Gasteiger charge is 2.09. The van der Waals surface area contributed by atoms with Crippen LogP contribution in [0.4, 0.5) is 5.82 Å². The number of carbonyl (C=O) groups is 1. The molecule has 1 atom stereocenters. The van der Waals surface area contributed by atoms with Crippen LogP contribution in [0.1, 0.15) is 23.7 Å². The quantitative estimate of drug-likeness (QED) is 0.526. The van der Waals surface area contributed by atoms with Crippen molar-refractivity contribution in [1.29, 1.82) is 0 Å². The van der Waals surface area contributed by atoms with Crippen molar-refractivity contribution in [2.24, 2.45) is 5.84 Å². The van der Waals surface area contributed by atoms with E-state index >= 15 is 0 Å². The summed E-state index contributed by atoms with van der Waals surface area (Å²) in [5.74, 6) is 6.67. The number of nitrogens with one attached hydrogen (secondary N) is 2. The molecule has 17 heavy (non-hydrogen) atoms. The Balaban J connectivity index is 2.51. The largest absolute Gasteiger partial charge is 0.350 e. The van der Waals surface area contributed by atoms with Gasteiger partial charge in [-0.2, -0.15) is 11.8 Å². The van der Waals surface area contributed by atoms with Crippen molar-refractivity contribution in [3.8, 4) is 0 Å². The average molecular weight is 254 g/mol. The maximum Gasteiger partial charge on any atom is 0.253 e. The first-order valence-corrected chi connectivity index (χ1v) is 6.79. The Morgan fingerprint density at radius 3 is 2.88 bits per heavy atom. The van der Waals surface area contributed by atoms with E-state index in [1.54, 1.807) is 23.9 Å². The van der Waals surface area contributed by atoms with Gasteiger partial charge >= 0.3 is 0 Å². The van der Waals surface area contributed by atoms with E-state index in [9.17, 15) is 4.79 Å². The molecular formula is C11H18N4OS. The molecule has 1 unspecified atom stereocenters. The Kier molecular flexibility index (Phi) is 5.79. The molecule has 94 valence electrons. The minimum absolute atomic E-state index is 0.102. The minimum atomic E-state index is -0.102. The predicted octanol–water partition coefficient (Wildman–Crippen LogP) is 1.24. The second-order valence-corrected chi connectivity index (χ2v) is 4.72. The zero-order valence-corrected chi connectivity index (χ0v) is 10.9. The van der Waals surface area contributed by atoms with Crippen molar-refractivity contribution >= 4 is 23.5 Å². The van der Waals surface area contributed by atoms with E-state index in [4.69, 9.17) is 5.84 Å². The summed E-state index contributed by atoms with van der Waals surface area (Å²) in [6, 6.07) is 3.53.